The molecule has 0 aromatic heterocycles. The van der Waals surface area contributed by atoms with E-state index in [4.69, 9.17) is 0 Å². The topological polar surface area (TPSA) is 0 Å². The summed E-state index contributed by atoms with van der Waals surface area (Å²) in [7, 11) is 0. The van der Waals surface area contributed by atoms with Crippen molar-refractivity contribution in [2.75, 3.05) is 0 Å². The van der Waals surface area contributed by atoms with E-state index in [9.17, 15) is 0 Å². The minimum absolute atomic E-state index is 0. The molecular weight excluding hydrogens is 866 g/mol. The molecule has 0 nitrogen and oxygen atoms in total. The third-order valence-electron chi connectivity index (χ3n) is 0. The molecule has 0 N–H and O–H groups in total. The first-order chi connectivity index (χ1) is 0. The van der Waals surface area contributed by atoms with E-state index >= 15 is 0 Å². The van der Waals surface area contributed by atoms with Crippen LogP contribution in [0.1, 0.15) is 0 Å². The zero-order chi connectivity index (χ0) is 0. The Hall–Kier alpha value is 5.19. The SMILES string of the molecule is [Np+5].[Np+5].[Np+5].[P-3].[P-3].[P-3].[P-3].[P-3]. The second kappa shape index (κ2) is 56.7. The minimum Gasteiger partial charge on any atom is -3.00 e. The van der Waals surface area contributed by atoms with Gasteiger partial charge in [0.25, 0.3) is 0 Å². The van der Waals surface area contributed by atoms with Crippen molar-refractivity contribution < 1.29 is 89.8 Å². The summed E-state index contributed by atoms with van der Waals surface area (Å²) >= 11 is 0. The summed E-state index contributed by atoms with van der Waals surface area (Å²) in [5, 5.41) is 0. The van der Waals surface area contributed by atoms with Gasteiger partial charge >= 0.3 is 89.8 Å². The Kier molecular flexibility index (Phi) is 516. The second-order valence-corrected chi connectivity index (χ2v) is 0. The monoisotopic (exact) mass is 863 g/mol. The van der Waals surface area contributed by atoms with Crippen LogP contribution in [-0.2, 0) is 0 Å². The van der Waals surface area contributed by atoms with Crippen molar-refractivity contribution in [3.05, 3.63) is 0 Å². The second-order valence-electron chi connectivity index (χ2n) is 0. The van der Waals surface area contributed by atoms with Gasteiger partial charge in [0.1, 0.15) is 0 Å². The molecule has 0 spiro atoms. The van der Waals surface area contributed by atoms with Crippen LogP contribution >= 0.6 is 49.5 Å². The van der Waals surface area contributed by atoms with E-state index in [1.165, 1.54) is 0 Å². The largest absolute Gasteiger partial charge is 5.00 e. The maximum Gasteiger partial charge on any atom is 5.00 e. The van der Waals surface area contributed by atoms with Crippen LogP contribution in [0.2, 0.25) is 0 Å². The van der Waals surface area contributed by atoms with Crippen LogP contribution in [-0.4, -0.2) is 0 Å². The number of hydrogen-bond donors (Lipinski definition) is 0. The van der Waals surface area contributed by atoms with Crippen LogP contribution in [0.15, 0.2) is 0 Å². The molecule has 40 valence electrons. The summed E-state index contributed by atoms with van der Waals surface area (Å²) in [5.41, 5.74) is 0. The molecule has 0 unspecified atom stereocenters. The fourth-order valence-electron chi connectivity index (χ4n) is 0. The molecule has 0 heterocycles. The van der Waals surface area contributed by atoms with Crippen LogP contribution < -0.4 is 0 Å². The van der Waals surface area contributed by atoms with Crippen molar-refractivity contribution in [3.8, 4) is 0 Å². The maximum absolute atomic E-state index is 0. The van der Waals surface area contributed by atoms with E-state index in [0.717, 1.165) is 0 Å². The maximum atomic E-state index is 0. The fourth-order valence-corrected chi connectivity index (χ4v) is 0. The Labute approximate surface area is 136 Å². The van der Waals surface area contributed by atoms with Gasteiger partial charge in [-0.2, -0.15) is 0 Å². The van der Waals surface area contributed by atoms with Crippen molar-refractivity contribution in [3.63, 3.8) is 0 Å². The summed E-state index contributed by atoms with van der Waals surface area (Å²) in [6.07, 6.45) is 0. The van der Waals surface area contributed by atoms with Crippen LogP contribution in [0, 0.1) is 89.8 Å². The predicted molar refractivity (Wildman–Crippen MR) is 34.6 cm³/mol. The van der Waals surface area contributed by atoms with Crippen LogP contribution in [0.5, 0.6) is 0 Å². The van der Waals surface area contributed by atoms with Crippen molar-refractivity contribution in [2.24, 2.45) is 0 Å². The molecule has 0 bridgehead atoms. The molecule has 0 aliphatic heterocycles. The van der Waals surface area contributed by atoms with Crippen molar-refractivity contribution in [2.45, 2.75) is 0 Å². The van der Waals surface area contributed by atoms with E-state index in [1.54, 1.807) is 0 Å². The molecule has 0 rings (SSSR count). The van der Waals surface area contributed by atoms with E-state index in [0.29, 0.717) is 0 Å². The molecule has 0 saturated carbocycles. The molecule has 0 fully saturated rings. The molecule has 0 aliphatic rings. The van der Waals surface area contributed by atoms with Gasteiger partial charge in [0.15, 0.2) is 0 Å². The molecular formula is Np3P5. The van der Waals surface area contributed by atoms with Crippen LogP contribution in [0.4, 0.5) is 0 Å². The summed E-state index contributed by atoms with van der Waals surface area (Å²) in [6.45, 7) is 0. The van der Waals surface area contributed by atoms with Crippen LogP contribution in [0.3, 0.4) is 0 Å². The Morgan fingerprint density at radius 3 is 0.250 bits per heavy atom. The molecule has 0 aliphatic carbocycles. The number of rotatable bonds is 0. The molecule has 0 amide bonds. The van der Waals surface area contributed by atoms with Gasteiger partial charge in [0, 0.05) is 0 Å². The molecule has 0 saturated heterocycles. The first-order valence-corrected chi connectivity index (χ1v) is 0. The zero-order valence-corrected chi connectivity index (χ0v) is 19.2. The Morgan fingerprint density at radius 2 is 0.250 bits per heavy atom. The standard InChI is InChI=1S/3Np.5P/q3*+5;5*-3. The molecule has 8 heteroatoms. The fraction of sp³-hybridized carbons (Fsp3) is 0. The predicted octanol–water partition coefficient (Wildman–Crippen LogP) is 4.31. The van der Waals surface area contributed by atoms with E-state index in [2.05, 4.69) is 0 Å². The summed E-state index contributed by atoms with van der Waals surface area (Å²) in [5.74, 6) is 0. The van der Waals surface area contributed by atoms with Gasteiger partial charge in [0.05, 0.1) is 0 Å². The van der Waals surface area contributed by atoms with Gasteiger partial charge in [-0.05, 0) is 0 Å². The van der Waals surface area contributed by atoms with E-state index in [1.807, 2.05) is 0 Å². The average molecular weight is 866 g/mol. The normalized spacial score (nSPS) is 0. The zero-order valence-electron chi connectivity index (χ0n) is 3.58. The summed E-state index contributed by atoms with van der Waals surface area (Å²) in [4.78, 5) is 0. The quantitative estimate of drug-likeness (QED) is 0.319. The van der Waals surface area contributed by atoms with E-state index in [-0.39, 0.29) is 139 Å². The van der Waals surface area contributed by atoms with E-state index < -0.39 is 0 Å². The summed E-state index contributed by atoms with van der Waals surface area (Å²) in [6, 6.07) is 0. The molecule has 0 radical (unpaired) electrons. The Morgan fingerprint density at radius 1 is 0.250 bits per heavy atom. The molecule has 8 heavy (non-hydrogen) atoms. The van der Waals surface area contributed by atoms with Gasteiger partial charge in [0.2, 0.25) is 0 Å². The molecule has 0 aromatic rings. The smallest absolute Gasteiger partial charge is 3.00 e. The van der Waals surface area contributed by atoms with Gasteiger partial charge < -0.3 is 49.5 Å². The van der Waals surface area contributed by atoms with Gasteiger partial charge in [-0.15, -0.1) is 0 Å². The Bertz CT molecular complexity index is 7.64. The van der Waals surface area contributed by atoms with Crippen molar-refractivity contribution in [1.29, 1.82) is 0 Å². The average Bonchev–Trinajstić information content (AvgIpc) is 0. The molecule has 0 aromatic carbocycles. The minimum atomic E-state index is 0. The van der Waals surface area contributed by atoms with Crippen LogP contribution in [0.25, 0.3) is 0 Å². The van der Waals surface area contributed by atoms with Gasteiger partial charge in [-0.1, -0.05) is 0 Å². The van der Waals surface area contributed by atoms with Gasteiger partial charge in [-0.25, -0.2) is 0 Å². The summed E-state index contributed by atoms with van der Waals surface area (Å²) < 4.78 is 0. The third-order valence-corrected chi connectivity index (χ3v) is 0. The third kappa shape index (κ3) is 43.1. The van der Waals surface area contributed by atoms with Crippen molar-refractivity contribution >= 4 is 49.5 Å². The molecule has 0 atom stereocenters. The van der Waals surface area contributed by atoms with Gasteiger partial charge in [-0.3, -0.25) is 0 Å². The van der Waals surface area contributed by atoms with Crippen molar-refractivity contribution in [1.82, 2.24) is 0 Å². The first kappa shape index (κ1) is 72.8. The Balaban J connectivity index is 0. The number of hydrogen-bond acceptors (Lipinski definition) is 0. The first-order valence-electron chi connectivity index (χ1n) is 0.